The lowest BCUT2D eigenvalue weighted by Crippen LogP contribution is -2.34. The summed E-state index contributed by atoms with van der Waals surface area (Å²) < 4.78 is 19.5. The van der Waals surface area contributed by atoms with E-state index in [1.165, 1.54) is 12.1 Å². The number of hydrogen-bond acceptors (Lipinski definition) is 3. The standard InChI is InChI=1S/C17H25FN2O2/c1-2-20-16(21)8-10-22-17(14-6-4-9-19-12-14)13-5-3-7-15(18)11-13/h3,5,7,11,14,17,19H,2,4,6,8-10,12H2,1H3,(H,20,21). The summed E-state index contributed by atoms with van der Waals surface area (Å²) in [5.41, 5.74) is 0.851. The largest absolute Gasteiger partial charge is 0.373 e. The van der Waals surface area contributed by atoms with Crippen LogP contribution in [0.1, 0.15) is 37.9 Å². The highest BCUT2D eigenvalue weighted by molar-refractivity contribution is 5.75. The summed E-state index contributed by atoms with van der Waals surface area (Å²) in [5, 5.41) is 6.12. The fourth-order valence-corrected chi connectivity index (χ4v) is 2.89. The van der Waals surface area contributed by atoms with Gasteiger partial charge in [-0.15, -0.1) is 0 Å². The van der Waals surface area contributed by atoms with Crippen molar-refractivity contribution in [1.82, 2.24) is 10.6 Å². The van der Waals surface area contributed by atoms with Gasteiger partial charge in [-0.1, -0.05) is 12.1 Å². The van der Waals surface area contributed by atoms with Gasteiger partial charge in [-0.2, -0.15) is 0 Å². The second-order valence-electron chi connectivity index (χ2n) is 5.66. The zero-order valence-corrected chi connectivity index (χ0v) is 13.1. The highest BCUT2D eigenvalue weighted by Gasteiger charge is 2.26. The number of nitrogens with one attached hydrogen (secondary N) is 2. The highest BCUT2D eigenvalue weighted by Crippen LogP contribution is 2.31. The minimum Gasteiger partial charge on any atom is -0.373 e. The molecule has 1 aliphatic heterocycles. The van der Waals surface area contributed by atoms with Crippen molar-refractivity contribution in [3.05, 3.63) is 35.6 Å². The zero-order chi connectivity index (χ0) is 15.8. The molecule has 2 N–H and O–H groups in total. The number of rotatable bonds is 7. The van der Waals surface area contributed by atoms with Crippen molar-refractivity contribution in [2.45, 2.75) is 32.3 Å². The monoisotopic (exact) mass is 308 g/mol. The SMILES string of the molecule is CCNC(=O)CCOC(c1cccc(F)c1)C1CCCNC1. The number of hydrogen-bond donors (Lipinski definition) is 2. The van der Waals surface area contributed by atoms with Crippen LogP contribution in [0.5, 0.6) is 0 Å². The molecule has 1 saturated heterocycles. The third-order valence-electron chi connectivity index (χ3n) is 3.94. The van der Waals surface area contributed by atoms with Crippen molar-refractivity contribution in [3.63, 3.8) is 0 Å². The molecule has 0 saturated carbocycles. The van der Waals surface area contributed by atoms with E-state index in [4.69, 9.17) is 4.74 Å². The van der Waals surface area contributed by atoms with Crippen LogP contribution in [0, 0.1) is 11.7 Å². The Morgan fingerprint density at radius 1 is 1.55 bits per heavy atom. The number of halogens is 1. The summed E-state index contributed by atoms with van der Waals surface area (Å²) in [5.74, 6) is 0.0469. The summed E-state index contributed by atoms with van der Waals surface area (Å²) in [6.45, 7) is 4.75. The number of ether oxygens (including phenoxy) is 1. The number of piperidine rings is 1. The normalized spacial score (nSPS) is 19.6. The molecule has 0 spiro atoms. The molecular formula is C17H25FN2O2. The van der Waals surface area contributed by atoms with E-state index < -0.39 is 0 Å². The third kappa shape index (κ3) is 5.07. The second-order valence-corrected chi connectivity index (χ2v) is 5.66. The van der Waals surface area contributed by atoms with Gasteiger partial charge in [-0.3, -0.25) is 4.79 Å². The molecule has 2 rings (SSSR count). The lowest BCUT2D eigenvalue weighted by Gasteiger charge is -2.31. The van der Waals surface area contributed by atoms with Crippen LogP contribution in [0.2, 0.25) is 0 Å². The first kappa shape index (κ1) is 16.9. The molecular weight excluding hydrogens is 283 g/mol. The lowest BCUT2D eigenvalue weighted by molar-refractivity contribution is -0.123. The molecule has 2 unspecified atom stereocenters. The number of carbonyl (C=O) groups excluding carboxylic acids is 1. The quantitative estimate of drug-likeness (QED) is 0.813. The summed E-state index contributed by atoms with van der Waals surface area (Å²) in [7, 11) is 0. The van der Waals surface area contributed by atoms with Gasteiger partial charge >= 0.3 is 0 Å². The summed E-state index contributed by atoms with van der Waals surface area (Å²) in [6.07, 6.45) is 2.31. The number of benzene rings is 1. The van der Waals surface area contributed by atoms with E-state index in [9.17, 15) is 9.18 Å². The van der Waals surface area contributed by atoms with E-state index in [0.717, 1.165) is 31.5 Å². The van der Waals surface area contributed by atoms with Crippen molar-refractivity contribution >= 4 is 5.91 Å². The summed E-state index contributed by atoms with van der Waals surface area (Å²) in [6, 6.07) is 6.58. The molecule has 1 aromatic carbocycles. The smallest absolute Gasteiger partial charge is 0.222 e. The molecule has 0 aromatic heterocycles. The van der Waals surface area contributed by atoms with Crippen LogP contribution < -0.4 is 10.6 Å². The van der Waals surface area contributed by atoms with Crippen LogP contribution >= 0.6 is 0 Å². The van der Waals surface area contributed by atoms with Crippen molar-refractivity contribution in [1.29, 1.82) is 0 Å². The van der Waals surface area contributed by atoms with Crippen molar-refractivity contribution in [2.75, 3.05) is 26.2 Å². The molecule has 4 nitrogen and oxygen atoms in total. The molecule has 22 heavy (non-hydrogen) atoms. The van der Waals surface area contributed by atoms with Gasteiger partial charge in [0.05, 0.1) is 12.7 Å². The predicted molar refractivity (Wildman–Crippen MR) is 84.0 cm³/mol. The first-order valence-electron chi connectivity index (χ1n) is 8.05. The van der Waals surface area contributed by atoms with Crippen LogP contribution in [0.4, 0.5) is 4.39 Å². The second kappa shape index (κ2) is 8.86. The molecule has 2 atom stereocenters. The Balaban J connectivity index is 2.00. The van der Waals surface area contributed by atoms with Crippen LogP contribution in [0.15, 0.2) is 24.3 Å². The van der Waals surface area contributed by atoms with E-state index in [1.54, 1.807) is 6.07 Å². The van der Waals surface area contributed by atoms with E-state index in [-0.39, 0.29) is 17.8 Å². The van der Waals surface area contributed by atoms with Gasteiger partial charge in [-0.05, 0) is 44.0 Å². The van der Waals surface area contributed by atoms with Crippen LogP contribution in [-0.2, 0) is 9.53 Å². The van der Waals surface area contributed by atoms with Crippen molar-refractivity contribution in [2.24, 2.45) is 5.92 Å². The van der Waals surface area contributed by atoms with Gasteiger partial charge in [0, 0.05) is 25.4 Å². The predicted octanol–water partition coefficient (Wildman–Crippen LogP) is 2.41. The molecule has 0 radical (unpaired) electrons. The molecule has 1 heterocycles. The summed E-state index contributed by atoms with van der Waals surface area (Å²) >= 11 is 0. The number of carbonyl (C=O) groups is 1. The molecule has 0 aliphatic carbocycles. The fourth-order valence-electron chi connectivity index (χ4n) is 2.89. The van der Waals surface area contributed by atoms with Crippen molar-refractivity contribution in [3.8, 4) is 0 Å². The average molecular weight is 308 g/mol. The van der Waals surface area contributed by atoms with Gasteiger partial charge in [0.2, 0.25) is 5.91 Å². The van der Waals surface area contributed by atoms with Crippen molar-refractivity contribution < 1.29 is 13.9 Å². The number of amides is 1. The molecule has 1 fully saturated rings. The minimum absolute atomic E-state index is 0.0118. The maximum absolute atomic E-state index is 13.5. The Hall–Kier alpha value is -1.46. The van der Waals surface area contributed by atoms with Crippen LogP contribution in [0.3, 0.4) is 0 Å². The third-order valence-corrected chi connectivity index (χ3v) is 3.94. The zero-order valence-electron chi connectivity index (χ0n) is 13.1. The molecule has 0 bridgehead atoms. The van der Waals surface area contributed by atoms with E-state index in [0.29, 0.717) is 25.5 Å². The first-order valence-corrected chi connectivity index (χ1v) is 8.05. The Bertz CT molecular complexity index is 475. The fraction of sp³-hybridized carbons (Fsp3) is 0.588. The molecule has 1 aromatic rings. The molecule has 5 heteroatoms. The van der Waals surface area contributed by atoms with Gasteiger partial charge in [0.15, 0.2) is 0 Å². The van der Waals surface area contributed by atoms with E-state index >= 15 is 0 Å². The molecule has 122 valence electrons. The molecule has 1 aliphatic rings. The Kier molecular flexibility index (Phi) is 6.80. The van der Waals surface area contributed by atoms with Crippen LogP contribution in [-0.4, -0.2) is 32.1 Å². The Morgan fingerprint density at radius 3 is 3.09 bits per heavy atom. The lowest BCUT2D eigenvalue weighted by atomic mass is 9.89. The van der Waals surface area contributed by atoms with Gasteiger partial charge in [0.1, 0.15) is 5.82 Å². The minimum atomic E-state index is -0.251. The van der Waals surface area contributed by atoms with Gasteiger partial charge < -0.3 is 15.4 Å². The molecule has 1 amide bonds. The maximum atomic E-state index is 13.5. The Morgan fingerprint density at radius 2 is 2.41 bits per heavy atom. The van der Waals surface area contributed by atoms with E-state index in [1.807, 2.05) is 13.0 Å². The highest BCUT2D eigenvalue weighted by atomic mass is 19.1. The Labute approximate surface area is 131 Å². The maximum Gasteiger partial charge on any atom is 0.222 e. The summed E-state index contributed by atoms with van der Waals surface area (Å²) in [4.78, 5) is 11.5. The van der Waals surface area contributed by atoms with Crippen LogP contribution in [0.25, 0.3) is 0 Å². The van der Waals surface area contributed by atoms with E-state index in [2.05, 4.69) is 10.6 Å². The van der Waals surface area contributed by atoms with Gasteiger partial charge in [0.25, 0.3) is 0 Å². The topological polar surface area (TPSA) is 50.4 Å². The first-order chi connectivity index (χ1) is 10.7. The average Bonchev–Trinajstić information content (AvgIpc) is 2.53. The van der Waals surface area contributed by atoms with Gasteiger partial charge in [-0.25, -0.2) is 4.39 Å².